The third-order valence-electron chi connectivity index (χ3n) is 6.82. The van der Waals surface area contributed by atoms with Crippen LogP contribution in [0.2, 0.25) is 5.02 Å². The number of non-ortho nitro benzene ring substituents is 1. The lowest BCUT2D eigenvalue weighted by Crippen LogP contribution is -2.40. The maximum absolute atomic E-state index is 13.9. The van der Waals surface area contributed by atoms with Gasteiger partial charge in [0.15, 0.2) is 16.3 Å². The van der Waals surface area contributed by atoms with Gasteiger partial charge in [-0.2, -0.15) is 0 Å². The molecule has 44 heavy (non-hydrogen) atoms. The number of aromatic nitrogens is 1. The van der Waals surface area contributed by atoms with Crippen LogP contribution in [0.5, 0.6) is 11.5 Å². The number of carbonyl (C=O) groups is 1. The van der Waals surface area contributed by atoms with Crippen LogP contribution in [0.1, 0.15) is 43.5 Å². The first-order valence-corrected chi connectivity index (χ1v) is 15.0. The number of thiazole rings is 1. The Kier molecular flexibility index (Phi) is 9.26. The average molecular weight is 634 g/mol. The monoisotopic (exact) mass is 633 g/mol. The molecule has 0 bridgehead atoms. The molecule has 0 fully saturated rings. The first-order valence-electron chi connectivity index (χ1n) is 13.8. The van der Waals surface area contributed by atoms with Gasteiger partial charge in [-0.05, 0) is 73.9 Å². The molecule has 4 aromatic rings. The molecule has 1 aromatic heterocycles. The van der Waals surface area contributed by atoms with Gasteiger partial charge in [0.25, 0.3) is 11.2 Å². The fourth-order valence-corrected chi connectivity index (χ4v) is 6.10. The quantitative estimate of drug-likeness (QED) is 0.131. The normalized spacial score (nSPS) is 14.5. The van der Waals surface area contributed by atoms with Crippen LogP contribution in [0.3, 0.4) is 0 Å². The zero-order valence-electron chi connectivity index (χ0n) is 24.1. The second kappa shape index (κ2) is 13.3. The molecule has 0 N–H and O–H groups in total. The van der Waals surface area contributed by atoms with Gasteiger partial charge in [0.1, 0.15) is 12.6 Å². The Hall–Kier alpha value is -4.74. The predicted octanol–water partition coefficient (Wildman–Crippen LogP) is 5.34. The summed E-state index contributed by atoms with van der Waals surface area (Å²) in [6.45, 7) is 6.02. The van der Waals surface area contributed by atoms with Gasteiger partial charge in [0, 0.05) is 17.2 Å². The molecule has 1 aliphatic heterocycles. The van der Waals surface area contributed by atoms with Crippen molar-refractivity contribution in [1.29, 1.82) is 0 Å². The highest BCUT2D eigenvalue weighted by atomic mass is 35.5. The molecule has 0 saturated carbocycles. The van der Waals surface area contributed by atoms with Crippen molar-refractivity contribution in [3.05, 3.63) is 130 Å². The summed E-state index contributed by atoms with van der Waals surface area (Å²) >= 11 is 7.78. The molecule has 2 heterocycles. The van der Waals surface area contributed by atoms with Crippen LogP contribution in [0.15, 0.2) is 87.8 Å². The summed E-state index contributed by atoms with van der Waals surface area (Å²) in [4.78, 5) is 42.5. The number of carbonyl (C=O) groups excluding carboxylic acids is 1. The largest absolute Gasteiger partial charge is 0.490 e. The lowest BCUT2D eigenvalue weighted by molar-refractivity contribution is -0.384. The van der Waals surface area contributed by atoms with E-state index >= 15 is 0 Å². The number of esters is 1. The molecule has 3 aromatic carbocycles. The number of nitro groups is 1. The lowest BCUT2D eigenvalue weighted by Gasteiger charge is -2.25. The number of halogens is 1. The minimum absolute atomic E-state index is 0.00357. The van der Waals surface area contributed by atoms with E-state index < -0.39 is 16.9 Å². The minimum atomic E-state index is -0.810. The van der Waals surface area contributed by atoms with Crippen LogP contribution in [0.4, 0.5) is 5.69 Å². The molecule has 0 radical (unpaired) electrons. The smallest absolute Gasteiger partial charge is 0.338 e. The number of allylic oxidation sites excluding steroid dienone is 1. The molecule has 0 spiro atoms. The van der Waals surface area contributed by atoms with Crippen LogP contribution < -0.4 is 24.4 Å². The third kappa shape index (κ3) is 6.29. The highest BCUT2D eigenvalue weighted by Gasteiger charge is 2.34. The molecule has 12 heteroatoms. The summed E-state index contributed by atoms with van der Waals surface area (Å²) in [6, 6.07) is 17.7. The van der Waals surface area contributed by atoms with Crippen LogP contribution in [0, 0.1) is 10.1 Å². The Morgan fingerprint density at radius 2 is 1.82 bits per heavy atom. The van der Waals surface area contributed by atoms with E-state index in [9.17, 15) is 19.7 Å². The van der Waals surface area contributed by atoms with Crippen molar-refractivity contribution in [1.82, 2.24) is 4.57 Å². The van der Waals surface area contributed by atoms with Crippen molar-refractivity contribution in [2.75, 3.05) is 13.2 Å². The second-order valence-electron chi connectivity index (χ2n) is 9.68. The Bertz CT molecular complexity index is 1950. The van der Waals surface area contributed by atoms with Gasteiger partial charge >= 0.3 is 5.97 Å². The summed E-state index contributed by atoms with van der Waals surface area (Å²) in [5.41, 5.74) is 2.42. The van der Waals surface area contributed by atoms with E-state index in [2.05, 4.69) is 4.99 Å². The van der Waals surface area contributed by atoms with E-state index in [1.807, 2.05) is 6.92 Å². The number of fused-ring (bicyclic) bond motifs is 1. The molecular formula is C32H28ClN3O7S. The predicted molar refractivity (Wildman–Crippen MR) is 167 cm³/mol. The molecular weight excluding hydrogens is 606 g/mol. The second-order valence-corrected chi connectivity index (χ2v) is 11.1. The SMILES string of the molecule is CCOC(=O)C1=C(C)N=c2s/c(=C\c3ccc(OCc4ccc([N+](=O)[O-])cc4)c(OCC)c3)c(=O)n2C1c1ccccc1Cl. The van der Waals surface area contributed by atoms with Gasteiger partial charge in [-0.15, -0.1) is 0 Å². The van der Waals surface area contributed by atoms with Crippen LogP contribution in [-0.2, 0) is 16.1 Å². The van der Waals surface area contributed by atoms with E-state index in [0.717, 1.165) is 5.56 Å². The minimum Gasteiger partial charge on any atom is -0.490 e. The molecule has 1 atom stereocenters. The average Bonchev–Trinajstić information content (AvgIpc) is 3.30. The molecule has 0 saturated heterocycles. The number of ether oxygens (including phenoxy) is 3. The van der Waals surface area contributed by atoms with Gasteiger partial charge in [0.2, 0.25) is 0 Å². The molecule has 10 nitrogen and oxygen atoms in total. The molecule has 5 rings (SSSR count). The number of hydrogen-bond donors (Lipinski definition) is 0. The van der Waals surface area contributed by atoms with Gasteiger partial charge in [-0.3, -0.25) is 19.5 Å². The van der Waals surface area contributed by atoms with Crippen molar-refractivity contribution < 1.29 is 23.9 Å². The van der Waals surface area contributed by atoms with E-state index in [1.54, 1.807) is 74.5 Å². The standard InChI is InChI=1S/C32H28ClN3O7S/c1-4-41-26-16-21(12-15-25(26)43-18-20-10-13-22(14-11-20)36(39)40)17-27-30(37)35-29(23-8-6-7-9-24(23)33)28(31(38)42-5-2)19(3)34-32(35)44-27/h6-17,29H,4-5,18H2,1-3H3/b27-17-. The summed E-state index contributed by atoms with van der Waals surface area (Å²) in [5.74, 6) is 0.404. The van der Waals surface area contributed by atoms with Crippen LogP contribution >= 0.6 is 22.9 Å². The summed E-state index contributed by atoms with van der Waals surface area (Å²) in [5, 5.41) is 11.3. The van der Waals surface area contributed by atoms with Gasteiger partial charge < -0.3 is 14.2 Å². The van der Waals surface area contributed by atoms with Gasteiger partial charge in [0.05, 0.1) is 33.9 Å². The fourth-order valence-electron chi connectivity index (χ4n) is 4.81. The number of hydrogen-bond acceptors (Lipinski definition) is 9. The molecule has 1 aliphatic rings. The van der Waals surface area contributed by atoms with E-state index in [4.69, 9.17) is 25.8 Å². The first kappa shape index (κ1) is 30.7. The highest BCUT2D eigenvalue weighted by molar-refractivity contribution is 7.07. The van der Waals surface area contributed by atoms with E-state index in [-0.39, 0.29) is 30.0 Å². The van der Waals surface area contributed by atoms with Crippen LogP contribution in [0.25, 0.3) is 6.08 Å². The molecule has 226 valence electrons. The van der Waals surface area contributed by atoms with Crippen molar-refractivity contribution in [2.24, 2.45) is 4.99 Å². The highest BCUT2D eigenvalue weighted by Crippen LogP contribution is 2.34. The van der Waals surface area contributed by atoms with Crippen molar-refractivity contribution in [2.45, 2.75) is 33.4 Å². The Labute approximate surface area is 261 Å². The number of nitro benzene ring substituents is 1. The molecule has 0 aliphatic carbocycles. The lowest BCUT2D eigenvalue weighted by atomic mass is 9.96. The fraction of sp³-hybridized carbons (Fsp3) is 0.219. The molecule has 1 unspecified atom stereocenters. The number of rotatable bonds is 10. The maximum Gasteiger partial charge on any atom is 0.338 e. The third-order valence-corrected chi connectivity index (χ3v) is 8.15. The molecule has 0 amide bonds. The van der Waals surface area contributed by atoms with Crippen LogP contribution in [-0.4, -0.2) is 28.7 Å². The summed E-state index contributed by atoms with van der Waals surface area (Å²) in [7, 11) is 0. The summed E-state index contributed by atoms with van der Waals surface area (Å²) in [6.07, 6.45) is 1.74. The Morgan fingerprint density at radius 1 is 1.07 bits per heavy atom. The van der Waals surface area contributed by atoms with Crippen molar-refractivity contribution in [3.8, 4) is 11.5 Å². The van der Waals surface area contributed by atoms with Crippen molar-refractivity contribution >= 4 is 40.7 Å². The number of nitrogens with zero attached hydrogens (tertiary/aromatic N) is 3. The topological polar surface area (TPSA) is 122 Å². The Morgan fingerprint density at radius 3 is 2.50 bits per heavy atom. The van der Waals surface area contributed by atoms with Gasteiger partial charge in [-0.1, -0.05) is 47.2 Å². The first-order chi connectivity index (χ1) is 21.2. The van der Waals surface area contributed by atoms with E-state index in [0.29, 0.717) is 49.3 Å². The zero-order chi connectivity index (χ0) is 31.4. The van der Waals surface area contributed by atoms with Crippen molar-refractivity contribution in [3.63, 3.8) is 0 Å². The zero-order valence-corrected chi connectivity index (χ0v) is 25.7. The Balaban J connectivity index is 1.52. The van der Waals surface area contributed by atoms with E-state index in [1.165, 1.54) is 28.0 Å². The summed E-state index contributed by atoms with van der Waals surface area (Å²) < 4.78 is 19.0. The van der Waals surface area contributed by atoms with Gasteiger partial charge in [-0.25, -0.2) is 9.79 Å². The maximum atomic E-state index is 13.9. The number of benzene rings is 3.